The van der Waals surface area contributed by atoms with Gasteiger partial charge < -0.3 is 35.2 Å². The summed E-state index contributed by atoms with van der Waals surface area (Å²) in [6, 6.07) is 7.49. The molecule has 0 aliphatic carbocycles. The van der Waals surface area contributed by atoms with Crippen molar-refractivity contribution in [2.45, 2.75) is 25.5 Å². The van der Waals surface area contributed by atoms with Crippen LogP contribution < -0.4 is 20.8 Å². The molecule has 0 spiro atoms. The van der Waals surface area contributed by atoms with E-state index in [1.54, 1.807) is 30.3 Å². The normalized spacial score (nSPS) is 11.2. The Hall–Kier alpha value is -3.10. The highest BCUT2D eigenvalue weighted by Gasteiger charge is 2.21. The number of ether oxygens (including phenoxy) is 1. The van der Waals surface area contributed by atoms with Crippen LogP contribution in [0.5, 0.6) is 0 Å². The Morgan fingerprint density at radius 2 is 1.71 bits per heavy atom. The van der Waals surface area contributed by atoms with Crippen LogP contribution in [0.1, 0.15) is 18.4 Å². The first-order valence-corrected chi connectivity index (χ1v) is 7.03. The minimum atomic E-state index is -1.52. The monoisotopic (exact) mass is 336 g/mol. The van der Waals surface area contributed by atoms with Crippen LogP contribution in [0.2, 0.25) is 0 Å². The number of alkyl carbamates (subject to hydrolysis) is 1. The summed E-state index contributed by atoms with van der Waals surface area (Å²) in [6.45, 7) is -0.804. The molecular weight excluding hydrogens is 320 g/mol. The topological polar surface area (TPSA) is 148 Å². The van der Waals surface area contributed by atoms with Crippen molar-refractivity contribution in [2.24, 2.45) is 0 Å². The second-order valence-electron chi connectivity index (χ2n) is 4.76. The fourth-order valence-corrected chi connectivity index (χ4v) is 1.72. The second kappa shape index (κ2) is 9.82. The first kappa shape index (κ1) is 18.9. The number of nitrogens with one attached hydrogen (secondary N) is 2. The summed E-state index contributed by atoms with van der Waals surface area (Å²) in [5, 5.41) is 25.0. The molecule has 1 aromatic carbocycles. The average molecular weight is 336 g/mol. The van der Waals surface area contributed by atoms with E-state index in [-0.39, 0.29) is 13.0 Å². The van der Waals surface area contributed by atoms with Gasteiger partial charge in [0.25, 0.3) is 0 Å². The SMILES string of the molecule is O=C([O-])CC[C@H](NC(=O)OCc1ccccc1)C(=O)NCC(=O)[O-]. The van der Waals surface area contributed by atoms with Gasteiger partial charge in [-0.1, -0.05) is 30.3 Å². The Balaban J connectivity index is 2.55. The highest BCUT2D eigenvalue weighted by Crippen LogP contribution is 2.02. The number of aliphatic carboxylic acids is 2. The first-order valence-electron chi connectivity index (χ1n) is 7.03. The Labute approximate surface area is 137 Å². The zero-order valence-electron chi connectivity index (χ0n) is 12.7. The molecular formula is C15H16N2O7-2. The van der Waals surface area contributed by atoms with Crippen molar-refractivity contribution < 1.29 is 34.1 Å². The third kappa shape index (κ3) is 7.78. The fourth-order valence-electron chi connectivity index (χ4n) is 1.72. The van der Waals surface area contributed by atoms with Crippen molar-refractivity contribution in [3.63, 3.8) is 0 Å². The van der Waals surface area contributed by atoms with Gasteiger partial charge in [-0.25, -0.2) is 4.79 Å². The summed E-state index contributed by atoms with van der Waals surface area (Å²) in [5.41, 5.74) is 0.723. The van der Waals surface area contributed by atoms with Crippen molar-refractivity contribution in [3.05, 3.63) is 35.9 Å². The van der Waals surface area contributed by atoms with Gasteiger partial charge in [-0.3, -0.25) is 4.79 Å². The molecule has 0 aliphatic rings. The lowest BCUT2D eigenvalue weighted by Gasteiger charge is -2.18. The van der Waals surface area contributed by atoms with E-state index in [1.165, 1.54) is 0 Å². The molecule has 2 amide bonds. The molecule has 1 atom stereocenters. The molecule has 2 N–H and O–H groups in total. The van der Waals surface area contributed by atoms with Crippen LogP contribution in [0.4, 0.5) is 4.79 Å². The molecule has 1 rings (SSSR count). The minimum Gasteiger partial charge on any atom is -0.550 e. The second-order valence-corrected chi connectivity index (χ2v) is 4.76. The number of carboxylic acids is 2. The van der Waals surface area contributed by atoms with Crippen molar-refractivity contribution in [2.75, 3.05) is 6.54 Å². The number of amides is 2. The first-order chi connectivity index (χ1) is 11.4. The van der Waals surface area contributed by atoms with Gasteiger partial charge in [0.2, 0.25) is 5.91 Å². The molecule has 0 heterocycles. The number of hydrogen-bond donors (Lipinski definition) is 2. The van der Waals surface area contributed by atoms with Gasteiger partial charge in [0.15, 0.2) is 0 Å². The molecule has 0 saturated carbocycles. The largest absolute Gasteiger partial charge is 0.550 e. The standard InChI is InChI=1S/C15H18N2O7/c18-12(19)7-6-11(14(22)16-8-13(20)21)17-15(23)24-9-10-4-2-1-3-5-10/h1-5,11H,6-9H2,(H,16,22)(H,17,23)(H,18,19)(H,20,21)/p-2/t11-/m0/s1. The van der Waals surface area contributed by atoms with Gasteiger partial charge in [-0.2, -0.15) is 0 Å². The summed E-state index contributed by atoms with van der Waals surface area (Å²) in [6.07, 6.45) is -1.71. The number of hydrogen-bond acceptors (Lipinski definition) is 7. The zero-order valence-corrected chi connectivity index (χ0v) is 12.7. The minimum absolute atomic E-state index is 0.0411. The van der Waals surface area contributed by atoms with Crippen molar-refractivity contribution in [3.8, 4) is 0 Å². The van der Waals surface area contributed by atoms with Crippen molar-refractivity contribution in [1.29, 1.82) is 0 Å². The van der Waals surface area contributed by atoms with E-state index in [0.29, 0.717) is 0 Å². The lowest BCUT2D eigenvalue weighted by atomic mass is 10.1. The lowest BCUT2D eigenvalue weighted by Crippen LogP contribution is -2.49. The van der Waals surface area contributed by atoms with Crippen molar-refractivity contribution >= 4 is 23.9 Å². The van der Waals surface area contributed by atoms with Crippen LogP contribution in [0.25, 0.3) is 0 Å². The van der Waals surface area contributed by atoms with E-state index in [1.807, 2.05) is 5.32 Å². The highest BCUT2D eigenvalue weighted by molar-refractivity contribution is 5.88. The van der Waals surface area contributed by atoms with Gasteiger partial charge in [0.1, 0.15) is 12.6 Å². The van der Waals surface area contributed by atoms with E-state index in [0.717, 1.165) is 5.56 Å². The Kier molecular flexibility index (Phi) is 7.76. The number of benzene rings is 1. The van der Waals surface area contributed by atoms with Gasteiger partial charge in [-0.15, -0.1) is 0 Å². The van der Waals surface area contributed by atoms with E-state index in [2.05, 4.69) is 5.32 Å². The summed E-state index contributed by atoms with van der Waals surface area (Å²) < 4.78 is 4.92. The average Bonchev–Trinajstić information content (AvgIpc) is 2.55. The van der Waals surface area contributed by atoms with Crippen LogP contribution >= 0.6 is 0 Å². The van der Waals surface area contributed by atoms with Gasteiger partial charge >= 0.3 is 6.09 Å². The maximum absolute atomic E-state index is 11.8. The van der Waals surface area contributed by atoms with E-state index >= 15 is 0 Å². The predicted octanol–water partition coefficient (Wildman–Crippen LogP) is -2.32. The molecule has 0 unspecified atom stereocenters. The molecule has 9 nitrogen and oxygen atoms in total. The molecule has 0 fully saturated rings. The molecule has 130 valence electrons. The summed E-state index contributed by atoms with van der Waals surface area (Å²) in [7, 11) is 0. The molecule has 1 aromatic rings. The van der Waals surface area contributed by atoms with Crippen molar-refractivity contribution in [1.82, 2.24) is 10.6 Å². The highest BCUT2D eigenvalue weighted by atomic mass is 16.5. The van der Waals surface area contributed by atoms with Gasteiger partial charge in [-0.05, 0) is 18.4 Å². The Morgan fingerprint density at radius 1 is 1.04 bits per heavy atom. The molecule has 9 heteroatoms. The molecule has 0 aromatic heterocycles. The fraction of sp³-hybridized carbons (Fsp3) is 0.333. The third-order valence-corrected chi connectivity index (χ3v) is 2.87. The zero-order chi connectivity index (χ0) is 17.9. The Bertz CT molecular complexity index is 589. The number of carbonyl (C=O) groups is 4. The van der Waals surface area contributed by atoms with Gasteiger partial charge in [0.05, 0.1) is 12.5 Å². The Morgan fingerprint density at radius 3 is 2.29 bits per heavy atom. The molecule has 0 aliphatic heterocycles. The maximum atomic E-state index is 11.8. The smallest absolute Gasteiger partial charge is 0.408 e. The lowest BCUT2D eigenvalue weighted by molar-refractivity contribution is -0.306. The summed E-state index contributed by atoms with van der Waals surface area (Å²) in [4.78, 5) is 44.3. The quantitative estimate of drug-likeness (QED) is 0.514. The molecule has 0 saturated heterocycles. The number of rotatable bonds is 9. The molecule has 0 radical (unpaired) electrons. The van der Waals surface area contributed by atoms with E-state index in [4.69, 9.17) is 4.74 Å². The predicted molar refractivity (Wildman–Crippen MR) is 75.8 cm³/mol. The number of carbonyl (C=O) groups excluding carboxylic acids is 4. The van der Waals surface area contributed by atoms with E-state index < -0.39 is 42.9 Å². The van der Waals surface area contributed by atoms with E-state index in [9.17, 15) is 29.4 Å². The summed E-state index contributed by atoms with van der Waals surface area (Å²) >= 11 is 0. The third-order valence-electron chi connectivity index (χ3n) is 2.87. The van der Waals surface area contributed by atoms with Crippen LogP contribution in [0, 0.1) is 0 Å². The van der Waals surface area contributed by atoms with Crippen LogP contribution in [0.3, 0.4) is 0 Å². The van der Waals surface area contributed by atoms with Gasteiger partial charge in [0, 0.05) is 5.97 Å². The van der Waals surface area contributed by atoms with Crippen LogP contribution in [-0.4, -0.2) is 36.5 Å². The maximum Gasteiger partial charge on any atom is 0.408 e. The van der Waals surface area contributed by atoms with Crippen LogP contribution in [0.15, 0.2) is 30.3 Å². The molecule has 24 heavy (non-hydrogen) atoms. The molecule has 0 bridgehead atoms. The number of carboxylic acid groups (broad SMARTS) is 2. The summed E-state index contributed by atoms with van der Waals surface area (Å²) in [5.74, 6) is -3.79. The van der Waals surface area contributed by atoms with Crippen LogP contribution in [-0.2, 0) is 25.7 Å².